The summed E-state index contributed by atoms with van der Waals surface area (Å²) < 4.78 is 11.3. The van der Waals surface area contributed by atoms with Crippen LogP contribution in [0.15, 0.2) is 12.1 Å². The van der Waals surface area contributed by atoms with Crippen LogP contribution in [0.5, 0.6) is 11.5 Å². The molecule has 3 atom stereocenters. The highest BCUT2D eigenvalue weighted by molar-refractivity contribution is 6.31. The Kier molecular flexibility index (Phi) is 4.08. The topological polar surface area (TPSA) is 30.5 Å². The molecule has 110 valence electrons. The molecule has 0 bridgehead atoms. The summed E-state index contributed by atoms with van der Waals surface area (Å²) in [4.78, 5) is 0. The second-order valence-electron chi connectivity index (χ2n) is 5.86. The SMILES string of the molecule is CNC(c1cc2c(cc1Cl)OCCO2)C1CCCC1C. The van der Waals surface area contributed by atoms with Crippen molar-refractivity contribution in [1.82, 2.24) is 5.32 Å². The van der Waals surface area contributed by atoms with Crippen LogP contribution in [-0.4, -0.2) is 20.3 Å². The van der Waals surface area contributed by atoms with E-state index in [-0.39, 0.29) is 6.04 Å². The van der Waals surface area contributed by atoms with Crippen LogP contribution in [0.1, 0.15) is 37.8 Å². The van der Waals surface area contributed by atoms with Crippen molar-refractivity contribution in [3.63, 3.8) is 0 Å². The molecular formula is C16H22ClNO2. The molecule has 1 heterocycles. The number of hydrogen-bond acceptors (Lipinski definition) is 3. The van der Waals surface area contributed by atoms with Gasteiger partial charge in [-0.05, 0) is 36.9 Å². The van der Waals surface area contributed by atoms with E-state index in [1.807, 2.05) is 13.1 Å². The Balaban J connectivity index is 1.94. The van der Waals surface area contributed by atoms with Crippen molar-refractivity contribution >= 4 is 11.6 Å². The molecule has 1 saturated carbocycles. The van der Waals surface area contributed by atoms with Gasteiger partial charge in [0.1, 0.15) is 13.2 Å². The maximum atomic E-state index is 6.49. The van der Waals surface area contributed by atoms with Crippen molar-refractivity contribution in [2.75, 3.05) is 20.3 Å². The van der Waals surface area contributed by atoms with Gasteiger partial charge in [0.15, 0.2) is 11.5 Å². The van der Waals surface area contributed by atoms with Gasteiger partial charge in [-0.15, -0.1) is 0 Å². The smallest absolute Gasteiger partial charge is 0.162 e. The zero-order valence-electron chi connectivity index (χ0n) is 12.1. The van der Waals surface area contributed by atoms with Gasteiger partial charge in [0.05, 0.1) is 0 Å². The summed E-state index contributed by atoms with van der Waals surface area (Å²) in [5, 5.41) is 4.23. The van der Waals surface area contributed by atoms with E-state index in [4.69, 9.17) is 21.1 Å². The van der Waals surface area contributed by atoms with E-state index in [1.165, 1.54) is 19.3 Å². The molecular weight excluding hydrogens is 274 g/mol. The molecule has 1 aromatic carbocycles. The molecule has 1 aliphatic heterocycles. The highest BCUT2D eigenvalue weighted by Crippen LogP contribution is 2.44. The fourth-order valence-corrected chi connectivity index (χ4v) is 3.86. The molecule has 0 spiro atoms. The minimum atomic E-state index is 0.288. The Bertz CT molecular complexity index is 492. The van der Waals surface area contributed by atoms with Crippen LogP contribution in [0.25, 0.3) is 0 Å². The molecule has 3 unspecified atom stereocenters. The molecule has 1 N–H and O–H groups in total. The molecule has 0 radical (unpaired) electrons. The maximum absolute atomic E-state index is 6.49. The van der Waals surface area contributed by atoms with Crippen LogP contribution in [-0.2, 0) is 0 Å². The molecule has 3 rings (SSSR count). The third-order valence-electron chi connectivity index (χ3n) is 4.66. The summed E-state index contributed by atoms with van der Waals surface area (Å²) >= 11 is 6.49. The highest BCUT2D eigenvalue weighted by atomic mass is 35.5. The van der Waals surface area contributed by atoms with Crippen LogP contribution in [0.4, 0.5) is 0 Å². The van der Waals surface area contributed by atoms with E-state index < -0.39 is 0 Å². The number of nitrogens with one attached hydrogen (secondary N) is 1. The lowest BCUT2D eigenvalue weighted by molar-refractivity contribution is 0.171. The number of halogens is 1. The van der Waals surface area contributed by atoms with Crippen LogP contribution in [0, 0.1) is 11.8 Å². The number of ether oxygens (including phenoxy) is 2. The Morgan fingerprint density at radius 2 is 1.90 bits per heavy atom. The summed E-state index contributed by atoms with van der Waals surface area (Å²) in [6.07, 6.45) is 3.88. The lowest BCUT2D eigenvalue weighted by Crippen LogP contribution is -2.27. The lowest BCUT2D eigenvalue weighted by Gasteiger charge is -2.29. The van der Waals surface area contributed by atoms with Crippen LogP contribution in [0.3, 0.4) is 0 Å². The summed E-state index contributed by atoms with van der Waals surface area (Å²) in [6, 6.07) is 4.24. The third kappa shape index (κ3) is 2.49. The first-order chi connectivity index (χ1) is 9.70. The van der Waals surface area contributed by atoms with Gasteiger partial charge in [0.25, 0.3) is 0 Å². The fourth-order valence-electron chi connectivity index (χ4n) is 3.59. The maximum Gasteiger partial charge on any atom is 0.162 e. The molecule has 0 saturated heterocycles. The van der Waals surface area contributed by atoms with Crippen molar-refractivity contribution < 1.29 is 9.47 Å². The van der Waals surface area contributed by atoms with E-state index in [1.54, 1.807) is 0 Å². The first-order valence-corrected chi connectivity index (χ1v) is 7.85. The van der Waals surface area contributed by atoms with Gasteiger partial charge in [-0.3, -0.25) is 0 Å². The van der Waals surface area contributed by atoms with Crippen molar-refractivity contribution in [2.45, 2.75) is 32.2 Å². The first kappa shape index (κ1) is 14.0. The van der Waals surface area contributed by atoms with E-state index in [0.29, 0.717) is 19.1 Å². The molecule has 1 aliphatic carbocycles. The molecule has 2 aliphatic rings. The summed E-state index contributed by atoms with van der Waals surface area (Å²) in [6.45, 7) is 3.55. The van der Waals surface area contributed by atoms with E-state index in [2.05, 4.69) is 18.3 Å². The predicted octanol–water partition coefficient (Wildman–Crippen LogP) is 3.81. The molecule has 1 aromatic rings. The van der Waals surface area contributed by atoms with Crippen molar-refractivity contribution in [3.05, 3.63) is 22.7 Å². The lowest BCUT2D eigenvalue weighted by atomic mass is 9.86. The van der Waals surface area contributed by atoms with E-state index in [9.17, 15) is 0 Å². The van der Waals surface area contributed by atoms with Gasteiger partial charge in [0.2, 0.25) is 0 Å². The van der Waals surface area contributed by atoms with Crippen molar-refractivity contribution in [1.29, 1.82) is 0 Å². The Morgan fingerprint density at radius 1 is 1.20 bits per heavy atom. The zero-order valence-corrected chi connectivity index (χ0v) is 12.9. The first-order valence-electron chi connectivity index (χ1n) is 7.47. The van der Waals surface area contributed by atoms with Crippen LogP contribution < -0.4 is 14.8 Å². The molecule has 4 heteroatoms. The van der Waals surface area contributed by atoms with E-state index in [0.717, 1.165) is 28.0 Å². The number of benzene rings is 1. The molecule has 0 amide bonds. The minimum Gasteiger partial charge on any atom is -0.486 e. The molecule has 20 heavy (non-hydrogen) atoms. The van der Waals surface area contributed by atoms with Crippen molar-refractivity contribution in [3.8, 4) is 11.5 Å². The summed E-state index contributed by atoms with van der Waals surface area (Å²) in [5.41, 5.74) is 1.14. The number of rotatable bonds is 3. The van der Waals surface area contributed by atoms with Gasteiger partial charge in [-0.2, -0.15) is 0 Å². The van der Waals surface area contributed by atoms with E-state index >= 15 is 0 Å². The van der Waals surface area contributed by atoms with Gasteiger partial charge >= 0.3 is 0 Å². The normalized spacial score (nSPS) is 26.6. The summed E-state index contributed by atoms with van der Waals surface area (Å²) in [7, 11) is 2.02. The fraction of sp³-hybridized carbons (Fsp3) is 0.625. The summed E-state index contributed by atoms with van der Waals surface area (Å²) in [5.74, 6) is 2.96. The molecule has 3 nitrogen and oxygen atoms in total. The average Bonchev–Trinajstić information content (AvgIpc) is 2.87. The van der Waals surface area contributed by atoms with Crippen molar-refractivity contribution in [2.24, 2.45) is 11.8 Å². The molecule has 0 aromatic heterocycles. The largest absolute Gasteiger partial charge is 0.486 e. The minimum absolute atomic E-state index is 0.288. The zero-order chi connectivity index (χ0) is 14.1. The Labute approximate surface area is 125 Å². The third-order valence-corrected chi connectivity index (χ3v) is 4.99. The van der Waals surface area contributed by atoms with Gasteiger partial charge in [0, 0.05) is 17.1 Å². The Hall–Kier alpha value is -0.930. The quantitative estimate of drug-likeness (QED) is 0.920. The standard InChI is InChI=1S/C16H22ClNO2/c1-10-4-3-5-11(10)16(18-2)12-8-14-15(9-13(12)17)20-7-6-19-14/h8-11,16,18H,3-7H2,1-2H3. The average molecular weight is 296 g/mol. The Morgan fingerprint density at radius 3 is 2.50 bits per heavy atom. The molecule has 1 fully saturated rings. The predicted molar refractivity (Wildman–Crippen MR) is 80.7 cm³/mol. The second-order valence-corrected chi connectivity index (χ2v) is 6.26. The number of fused-ring (bicyclic) bond motifs is 1. The van der Waals surface area contributed by atoms with Crippen LogP contribution in [0.2, 0.25) is 5.02 Å². The van der Waals surface area contributed by atoms with Crippen LogP contribution >= 0.6 is 11.6 Å². The van der Waals surface area contributed by atoms with Gasteiger partial charge in [-0.1, -0.05) is 31.4 Å². The number of hydrogen-bond donors (Lipinski definition) is 1. The van der Waals surface area contributed by atoms with Gasteiger partial charge in [-0.25, -0.2) is 0 Å². The second kappa shape index (κ2) is 5.82. The van der Waals surface area contributed by atoms with Gasteiger partial charge < -0.3 is 14.8 Å². The monoisotopic (exact) mass is 295 g/mol. The highest BCUT2D eigenvalue weighted by Gasteiger charge is 2.32.